The van der Waals surface area contributed by atoms with Crippen LogP contribution in [-0.4, -0.2) is 62.4 Å². The molecule has 0 aliphatic carbocycles. The van der Waals surface area contributed by atoms with Crippen LogP contribution in [0.2, 0.25) is 0 Å². The molecule has 0 spiro atoms. The molecule has 2 aliphatic rings. The Hall–Kier alpha value is -2.77. The van der Waals surface area contributed by atoms with Crippen molar-refractivity contribution >= 4 is 11.8 Å². The van der Waals surface area contributed by atoms with E-state index in [0.29, 0.717) is 41.7 Å². The highest BCUT2D eigenvalue weighted by Crippen LogP contribution is 2.32. The van der Waals surface area contributed by atoms with Gasteiger partial charge in [-0.25, -0.2) is 4.98 Å². The molecule has 2 aliphatic heterocycles. The number of hydrogen-bond donors (Lipinski definition) is 0. The molecule has 2 aromatic rings. The third-order valence-electron chi connectivity index (χ3n) is 6.43. The Morgan fingerprint density at radius 2 is 1.73 bits per heavy atom. The third-order valence-corrected chi connectivity index (χ3v) is 6.43. The zero-order chi connectivity index (χ0) is 21.3. The molecule has 0 bridgehead atoms. The van der Waals surface area contributed by atoms with Crippen molar-refractivity contribution in [2.24, 2.45) is 5.92 Å². The molecule has 2 saturated heterocycles. The second-order valence-corrected chi connectivity index (χ2v) is 8.43. The highest BCUT2D eigenvalue weighted by Gasteiger charge is 2.37. The molecule has 160 valence electrons. The second kappa shape index (κ2) is 8.53. The summed E-state index contributed by atoms with van der Waals surface area (Å²) >= 11 is 0. The van der Waals surface area contributed by atoms with Crippen LogP contribution in [0.25, 0.3) is 0 Å². The van der Waals surface area contributed by atoms with Crippen LogP contribution in [0.4, 0.5) is 0 Å². The molecule has 0 unspecified atom stereocenters. The number of aromatic nitrogens is 3. The maximum Gasteiger partial charge on any atom is 0.274 e. The first-order valence-corrected chi connectivity index (χ1v) is 10.8. The van der Waals surface area contributed by atoms with Gasteiger partial charge in [0.1, 0.15) is 17.0 Å². The zero-order valence-electron chi connectivity index (χ0n) is 17.9. The average Bonchev–Trinajstić information content (AvgIpc) is 3.11. The predicted molar refractivity (Wildman–Crippen MR) is 110 cm³/mol. The molecule has 30 heavy (non-hydrogen) atoms. The molecule has 2 amide bonds. The summed E-state index contributed by atoms with van der Waals surface area (Å²) in [6, 6.07) is 0.200. The summed E-state index contributed by atoms with van der Waals surface area (Å²) in [5.74, 6) is 0.932. The zero-order valence-corrected chi connectivity index (χ0v) is 17.9. The number of hydrogen-bond acceptors (Lipinski definition) is 6. The molecule has 1 atom stereocenters. The fourth-order valence-corrected chi connectivity index (χ4v) is 4.78. The maximum absolute atomic E-state index is 13.1. The molecule has 0 aromatic carbocycles. The Labute approximate surface area is 176 Å². The van der Waals surface area contributed by atoms with E-state index in [1.165, 1.54) is 0 Å². The number of amides is 2. The normalized spacial score (nSPS) is 20.4. The first kappa shape index (κ1) is 20.5. The van der Waals surface area contributed by atoms with E-state index in [2.05, 4.69) is 15.1 Å². The second-order valence-electron chi connectivity index (χ2n) is 8.43. The number of carbonyl (C=O) groups is 2. The van der Waals surface area contributed by atoms with Crippen molar-refractivity contribution in [2.75, 3.05) is 19.6 Å². The van der Waals surface area contributed by atoms with Crippen molar-refractivity contribution < 1.29 is 14.1 Å². The molecule has 4 heterocycles. The first-order valence-electron chi connectivity index (χ1n) is 10.8. The van der Waals surface area contributed by atoms with Crippen molar-refractivity contribution in [3.63, 3.8) is 0 Å². The van der Waals surface area contributed by atoms with E-state index in [-0.39, 0.29) is 17.9 Å². The standard InChI is InChI=1S/C22H29N5O3/c1-14-12-24-18(13-23-14)21(28)27-9-5-4-6-19(27)17-7-10-26(11-8-17)22(29)20-15(2)25-30-16(20)3/h12-13,17,19H,4-11H2,1-3H3/t19-/m0/s1. The lowest BCUT2D eigenvalue weighted by molar-refractivity contribution is 0.0369. The van der Waals surface area contributed by atoms with Gasteiger partial charge in [0, 0.05) is 31.9 Å². The molecule has 0 radical (unpaired) electrons. The minimum atomic E-state index is -0.0265. The number of nitrogens with zero attached hydrogens (tertiary/aromatic N) is 5. The van der Waals surface area contributed by atoms with E-state index < -0.39 is 0 Å². The topological polar surface area (TPSA) is 92.4 Å². The quantitative estimate of drug-likeness (QED) is 0.771. The van der Waals surface area contributed by atoms with Gasteiger partial charge in [0.2, 0.25) is 0 Å². The Balaban J connectivity index is 1.43. The summed E-state index contributed by atoms with van der Waals surface area (Å²) in [7, 11) is 0. The smallest absolute Gasteiger partial charge is 0.274 e. The summed E-state index contributed by atoms with van der Waals surface area (Å²) in [6.45, 7) is 7.59. The lowest BCUT2D eigenvalue weighted by atomic mass is 9.83. The Morgan fingerprint density at radius 3 is 2.37 bits per heavy atom. The number of aryl methyl sites for hydroxylation is 3. The molecule has 2 aromatic heterocycles. The lowest BCUT2D eigenvalue weighted by Crippen LogP contribution is -2.51. The summed E-state index contributed by atoms with van der Waals surface area (Å²) < 4.78 is 5.16. The first-order chi connectivity index (χ1) is 14.5. The van der Waals surface area contributed by atoms with Crippen LogP contribution in [0.3, 0.4) is 0 Å². The highest BCUT2D eigenvalue weighted by molar-refractivity contribution is 5.96. The van der Waals surface area contributed by atoms with Gasteiger partial charge in [-0.15, -0.1) is 0 Å². The lowest BCUT2D eigenvalue weighted by Gasteiger charge is -2.43. The Bertz CT molecular complexity index is 896. The van der Waals surface area contributed by atoms with Crippen LogP contribution in [-0.2, 0) is 0 Å². The maximum atomic E-state index is 13.1. The highest BCUT2D eigenvalue weighted by atomic mass is 16.5. The van der Waals surface area contributed by atoms with E-state index in [1.54, 1.807) is 26.2 Å². The summed E-state index contributed by atoms with van der Waals surface area (Å²) in [5.41, 5.74) is 2.44. The Kier molecular flexibility index (Phi) is 5.83. The van der Waals surface area contributed by atoms with Gasteiger partial charge in [-0.2, -0.15) is 0 Å². The van der Waals surface area contributed by atoms with Gasteiger partial charge < -0.3 is 14.3 Å². The van der Waals surface area contributed by atoms with Gasteiger partial charge in [0.05, 0.1) is 17.6 Å². The summed E-state index contributed by atoms with van der Waals surface area (Å²) in [4.78, 5) is 38.4. The van der Waals surface area contributed by atoms with E-state index in [0.717, 1.165) is 44.3 Å². The molecular weight excluding hydrogens is 382 g/mol. The minimum absolute atomic E-state index is 0.00351. The van der Waals surface area contributed by atoms with E-state index in [4.69, 9.17) is 4.52 Å². The molecule has 0 saturated carbocycles. The van der Waals surface area contributed by atoms with Crippen molar-refractivity contribution in [3.8, 4) is 0 Å². The van der Waals surface area contributed by atoms with Crippen molar-refractivity contribution in [3.05, 3.63) is 40.8 Å². The monoisotopic (exact) mass is 411 g/mol. The van der Waals surface area contributed by atoms with Crippen LogP contribution in [0.5, 0.6) is 0 Å². The summed E-state index contributed by atoms with van der Waals surface area (Å²) in [6.07, 6.45) is 8.16. The van der Waals surface area contributed by atoms with E-state index >= 15 is 0 Å². The number of piperidine rings is 2. The van der Waals surface area contributed by atoms with Crippen LogP contribution in [0.1, 0.15) is 70.1 Å². The van der Waals surface area contributed by atoms with Crippen molar-refractivity contribution in [1.82, 2.24) is 24.9 Å². The van der Waals surface area contributed by atoms with Gasteiger partial charge in [-0.3, -0.25) is 14.6 Å². The Morgan fingerprint density at radius 1 is 0.967 bits per heavy atom. The largest absolute Gasteiger partial charge is 0.361 e. The molecule has 4 rings (SSSR count). The van der Waals surface area contributed by atoms with E-state index in [9.17, 15) is 9.59 Å². The van der Waals surface area contributed by atoms with E-state index in [1.807, 2.05) is 16.7 Å². The molecular formula is C22H29N5O3. The average molecular weight is 412 g/mol. The van der Waals surface area contributed by atoms with Gasteiger partial charge in [0.25, 0.3) is 11.8 Å². The third kappa shape index (κ3) is 3.95. The number of likely N-dealkylation sites (tertiary alicyclic amines) is 2. The molecule has 8 nitrogen and oxygen atoms in total. The minimum Gasteiger partial charge on any atom is -0.361 e. The van der Waals surface area contributed by atoms with Crippen LogP contribution in [0.15, 0.2) is 16.9 Å². The van der Waals surface area contributed by atoms with Crippen LogP contribution >= 0.6 is 0 Å². The van der Waals surface area contributed by atoms with Crippen LogP contribution in [0, 0.1) is 26.7 Å². The SMILES string of the molecule is Cc1cnc(C(=O)N2CCCC[C@H]2C2CCN(C(=O)c3c(C)noc3C)CC2)cn1. The van der Waals surface area contributed by atoms with Gasteiger partial charge in [-0.1, -0.05) is 5.16 Å². The predicted octanol–water partition coefficient (Wildman–Crippen LogP) is 2.94. The van der Waals surface area contributed by atoms with Crippen molar-refractivity contribution in [1.29, 1.82) is 0 Å². The van der Waals surface area contributed by atoms with Gasteiger partial charge in [0.15, 0.2) is 0 Å². The fraction of sp³-hybridized carbons (Fsp3) is 0.591. The molecule has 0 N–H and O–H groups in total. The number of carbonyl (C=O) groups excluding carboxylic acids is 2. The van der Waals surface area contributed by atoms with Crippen LogP contribution < -0.4 is 0 Å². The van der Waals surface area contributed by atoms with Gasteiger partial charge in [-0.05, 0) is 58.8 Å². The summed E-state index contributed by atoms with van der Waals surface area (Å²) in [5, 5.41) is 3.91. The van der Waals surface area contributed by atoms with Gasteiger partial charge >= 0.3 is 0 Å². The number of rotatable bonds is 3. The van der Waals surface area contributed by atoms with Crippen molar-refractivity contribution in [2.45, 2.75) is 58.9 Å². The molecule has 2 fully saturated rings. The molecule has 8 heteroatoms. The fourth-order valence-electron chi connectivity index (χ4n) is 4.78.